The molecule has 3 aromatic rings. The number of phenols is 1. The monoisotopic (exact) mass is 668 g/mol. The summed E-state index contributed by atoms with van der Waals surface area (Å²) in [5.41, 5.74) is 4.06. The number of nitrogens with one attached hydrogen (secondary N) is 2. The summed E-state index contributed by atoms with van der Waals surface area (Å²) in [5, 5.41) is 16.4. The first-order chi connectivity index (χ1) is 23.9. The van der Waals surface area contributed by atoms with Crippen molar-refractivity contribution in [3.05, 3.63) is 83.4 Å². The zero-order valence-corrected chi connectivity index (χ0v) is 29.1. The zero-order chi connectivity index (χ0) is 33.6. The molecule has 4 aliphatic heterocycles. The third-order valence-electron chi connectivity index (χ3n) is 11.8. The van der Waals surface area contributed by atoms with Crippen LogP contribution >= 0.6 is 0 Å². The van der Waals surface area contributed by atoms with E-state index in [2.05, 4.69) is 72.2 Å². The molecule has 1 aliphatic carbocycles. The van der Waals surface area contributed by atoms with Crippen LogP contribution in [0.1, 0.15) is 80.5 Å². The Balaban J connectivity index is 0.847. The van der Waals surface area contributed by atoms with E-state index in [9.17, 15) is 9.90 Å². The largest absolute Gasteiger partial charge is 0.508 e. The molecule has 0 radical (unpaired) electrons. The Labute approximate surface area is 291 Å². The fourth-order valence-electron chi connectivity index (χ4n) is 8.95. The average molecular weight is 669 g/mol. The maximum Gasteiger partial charge on any atom is 0.262 e. The van der Waals surface area contributed by atoms with Crippen molar-refractivity contribution in [2.45, 2.75) is 76.4 Å². The lowest BCUT2D eigenvalue weighted by atomic mass is 9.82. The van der Waals surface area contributed by atoms with Gasteiger partial charge in [-0.15, -0.1) is 0 Å². The smallest absolute Gasteiger partial charge is 0.262 e. The van der Waals surface area contributed by atoms with E-state index in [1.807, 2.05) is 0 Å². The van der Waals surface area contributed by atoms with Crippen LogP contribution in [0.4, 0.5) is 5.69 Å². The average Bonchev–Trinajstić information content (AvgIpc) is 3.66. The number of quaternary nitrogens is 1. The number of carbonyl (C=O) groups excluding carboxylic acids is 1. The van der Waals surface area contributed by atoms with Gasteiger partial charge in [0.15, 0.2) is 6.61 Å². The maximum atomic E-state index is 11.7. The summed E-state index contributed by atoms with van der Waals surface area (Å²) in [4.78, 5) is 11.7. The van der Waals surface area contributed by atoms with E-state index in [1.54, 1.807) is 6.07 Å². The molecule has 2 bridgehead atoms. The van der Waals surface area contributed by atoms with Crippen molar-refractivity contribution >= 4 is 11.6 Å². The number of aromatic hydroxyl groups is 1. The van der Waals surface area contributed by atoms with Crippen LogP contribution in [0, 0.1) is 11.8 Å². The first-order valence-corrected chi connectivity index (χ1v) is 18.7. The topological polar surface area (TPSA) is 89.0 Å². The Morgan fingerprint density at radius 1 is 1.00 bits per heavy atom. The number of amides is 1. The minimum absolute atomic E-state index is 0.00485. The van der Waals surface area contributed by atoms with Gasteiger partial charge < -0.3 is 34.4 Å². The van der Waals surface area contributed by atoms with Gasteiger partial charge >= 0.3 is 0 Å². The molecule has 4 fully saturated rings. The van der Waals surface area contributed by atoms with Crippen molar-refractivity contribution in [1.29, 1.82) is 0 Å². The van der Waals surface area contributed by atoms with Crippen LogP contribution in [0.25, 0.3) is 0 Å². The minimum Gasteiger partial charge on any atom is -0.508 e. The predicted octanol–water partition coefficient (Wildman–Crippen LogP) is 6.98. The minimum atomic E-state index is -0.209. The molecular weight excluding hydrogens is 614 g/mol. The van der Waals surface area contributed by atoms with Gasteiger partial charge in [0.1, 0.15) is 29.9 Å². The second-order valence-electron chi connectivity index (χ2n) is 15.0. The van der Waals surface area contributed by atoms with Gasteiger partial charge in [0, 0.05) is 48.8 Å². The maximum absolute atomic E-state index is 11.7. The Hall–Kier alpha value is -3.59. The molecule has 1 amide bonds. The summed E-state index contributed by atoms with van der Waals surface area (Å²) in [6.45, 7) is 9.34. The number of nitrogens with zero attached hydrogens (tertiary/aromatic N) is 1. The van der Waals surface area contributed by atoms with Crippen LogP contribution in [0.2, 0.25) is 0 Å². The second kappa shape index (κ2) is 15.5. The van der Waals surface area contributed by atoms with Crippen molar-refractivity contribution in [1.82, 2.24) is 5.32 Å². The van der Waals surface area contributed by atoms with Gasteiger partial charge in [0.05, 0.1) is 38.5 Å². The normalized spacial score (nSPS) is 24.6. The lowest BCUT2D eigenvalue weighted by Crippen LogP contribution is -2.64. The highest BCUT2D eigenvalue weighted by Gasteiger charge is 2.46. The van der Waals surface area contributed by atoms with Crippen molar-refractivity contribution in [3.63, 3.8) is 0 Å². The van der Waals surface area contributed by atoms with E-state index in [-0.39, 0.29) is 24.3 Å². The quantitative estimate of drug-likeness (QED) is 0.120. The van der Waals surface area contributed by atoms with Crippen LogP contribution in [0.3, 0.4) is 0 Å². The number of carbonyl (C=O) groups is 1. The number of hydrogen-bond acceptors (Lipinski definition) is 6. The Morgan fingerprint density at radius 3 is 2.55 bits per heavy atom. The fourth-order valence-corrected chi connectivity index (χ4v) is 8.95. The Kier molecular flexibility index (Phi) is 10.7. The van der Waals surface area contributed by atoms with Crippen molar-refractivity contribution < 1.29 is 28.6 Å². The highest BCUT2D eigenvalue weighted by Crippen LogP contribution is 2.40. The molecule has 8 heteroatoms. The number of fused-ring (bicyclic) bond motifs is 4. The van der Waals surface area contributed by atoms with Gasteiger partial charge in [-0.2, -0.15) is 0 Å². The van der Waals surface area contributed by atoms with Gasteiger partial charge in [-0.05, 0) is 68.0 Å². The summed E-state index contributed by atoms with van der Waals surface area (Å²) in [7, 11) is 0. The van der Waals surface area contributed by atoms with Gasteiger partial charge in [-0.25, -0.2) is 0 Å². The van der Waals surface area contributed by atoms with E-state index in [4.69, 9.17) is 14.2 Å². The first kappa shape index (κ1) is 33.9. The Bertz CT molecular complexity index is 1530. The number of benzene rings is 3. The summed E-state index contributed by atoms with van der Waals surface area (Å²) in [6.07, 6.45) is 10.1. The number of phenolic OH excluding ortho intramolecular Hbond substituents is 1. The summed E-state index contributed by atoms with van der Waals surface area (Å²) in [6, 6.07) is 22.9. The van der Waals surface area contributed by atoms with Crippen molar-refractivity contribution in [2.75, 3.05) is 57.9 Å². The predicted molar refractivity (Wildman–Crippen MR) is 192 cm³/mol. The van der Waals surface area contributed by atoms with E-state index in [0.29, 0.717) is 36.4 Å². The van der Waals surface area contributed by atoms with Crippen LogP contribution in [-0.4, -0.2) is 74.1 Å². The van der Waals surface area contributed by atoms with E-state index >= 15 is 0 Å². The van der Waals surface area contributed by atoms with Crippen molar-refractivity contribution in [3.8, 4) is 17.2 Å². The number of ether oxygens (including phenoxy) is 3. The highest BCUT2D eigenvalue weighted by molar-refractivity contribution is 5.96. The number of rotatable bonds is 15. The molecule has 49 heavy (non-hydrogen) atoms. The number of piperidine rings is 3. The molecule has 2 unspecified atom stereocenters. The van der Waals surface area contributed by atoms with E-state index in [1.165, 1.54) is 73.3 Å². The van der Waals surface area contributed by atoms with Crippen molar-refractivity contribution in [2.24, 2.45) is 11.8 Å². The molecule has 3 aromatic carbocycles. The SMILES string of the molecule is CC(NCCc1cc(O)cc2c1OCC(=O)N2)c1ccc(OCCC[N+]23CCC(CC2)[C@H](OCC(c2ccccc2)C2CCCC2)C3)cc1. The lowest BCUT2D eigenvalue weighted by Gasteiger charge is -2.52. The van der Waals surface area contributed by atoms with E-state index < -0.39 is 0 Å². The number of hydrogen-bond donors (Lipinski definition) is 3. The highest BCUT2D eigenvalue weighted by atomic mass is 16.5. The molecule has 262 valence electrons. The molecule has 3 saturated heterocycles. The molecule has 8 nitrogen and oxygen atoms in total. The molecule has 5 aliphatic rings. The molecule has 3 atom stereocenters. The molecule has 0 spiro atoms. The lowest BCUT2D eigenvalue weighted by molar-refractivity contribution is -0.946. The Morgan fingerprint density at radius 2 is 1.78 bits per heavy atom. The fraction of sp³-hybridized carbons (Fsp3) is 0.537. The second-order valence-corrected chi connectivity index (χ2v) is 15.0. The zero-order valence-electron chi connectivity index (χ0n) is 29.1. The third-order valence-corrected chi connectivity index (χ3v) is 11.8. The molecule has 3 N–H and O–H groups in total. The van der Waals surface area contributed by atoms with Gasteiger partial charge in [0.25, 0.3) is 5.91 Å². The molecular formula is C41H54N3O5+. The summed E-state index contributed by atoms with van der Waals surface area (Å²) in [5.74, 6) is 3.49. The standard InChI is InChI=1S/C41H53N3O5/c1-29(42-19-16-34-24-35(45)25-38-41(34)49-28-40(46)43-38)30-12-14-36(15-13-30)47-23-7-20-44-21-17-33(18-22-44)39(26-44)48-27-37(32-10-5-6-11-32)31-8-3-2-4-9-31/h2-4,8-9,12-15,24-25,29,32-33,37,39,42H,5-7,10-11,16-23,26-28H2,1H3,(H-,43,45,46)/p+1/t29?,33?,37?,39-,44?/m1/s1. The number of anilines is 1. The summed E-state index contributed by atoms with van der Waals surface area (Å²) >= 11 is 0. The van der Waals surface area contributed by atoms with Crippen LogP contribution in [0.15, 0.2) is 66.7 Å². The summed E-state index contributed by atoms with van der Waals surface area (Å²) < 4.78 is 19.9. The van der Waals surface area contributed by atoms with Gasteiger partial charge in [0.2, 0.25) is 0 Å². The van der Waals surface area contributed by atoms with Gasteiger partial charge in [-0.3, -0.25) is 4.79 Å². The molecule has 4 heterocycles. The van der Waals surface area contributed by atoms with E-state index in [0.717, 1.165) is 55.9 Å². The van der Waals surface area contributed by atoms with Crippen LogP contribution in [0.5, 0.6) is 17.2 Å². The first-order valence-electron chi connectivity index (χ1n) is 18.7. The molecule has 1 saturated carbocycles. The molecule has 8 rings (SSSR count). The third kappa shape index (κ3) is 8.25. The molecule has 0 aromatic heterocycles. The van der Waals surface area contributed by atoms with Crippen LogP contribution in [-0.2, 0) is 16.0 Å². The van der Waals surface area contributed by atoms with Crippen LogP contribution < -0.4 is 20.1 Å². The van der Waals surface area contributed by atoms with Gasteiger partial charge in [-0.1, -0.05) is 55.3 Å².